The molecule has 34 heavy (non-hydrogen) atoms. The number of imide groups is 1. The molecule has 0 aliphatic carbocycles. The maximum absolute atomic E-state index is 13.0. The molecule has 0 fully saturated rings. The Kier molecular flexibility index (Phi) is 6.46. The van der Waals surface area contributed by atoms with Crippen molar-refractivity contribution in [2.45, 2.75) is 20.8 Å². The first kappa shape index (κ1) is 23.5. The molecule has 172 valence electrons. The first-order valence-electron chi connectivity index (χ1n) is 10.4. The Hall–Kier alpha value is -3.61. The third-order valence-electron chi connectivity index (χ3n) is 5.36. The zero-order valence-corrected chi connectivity index (χ0v) is 20.1. The van der Waals surface area contributed by atoms with Crippen LogP contribution in [0.4, 0.5) is 11.4 Å². The van der Waals surface area contributed by atoms with Gasteiger partial charge in [0, 0.05) is 10.7 Å². The zero-order chi connectivity index (χ0) is 24.6. The lowest BCUT2D eigenvalue weighted by Crippen LogP contribution is -2.32. The van der Waals surface area contributed by atoms with Gasteiger partial charge in [-0.25, -0.2) is 9.69 Å². The number of amides is 2. The number of anilines is 2. The number of hydrogen-bond donors (Lipinski definition) is 1. The molecule has 1 aliphatic heterocycles. The van der Waals surface area contributed by atoms with Crippen LogP contribution < -0.4 is 15.0 Å². The molecule has 0 saturated carbocycles. The molecule has 1 N–H and O–H groups in total. The number of ether oxygens (including phenoxy) is 1. The van der Waals surface area contributed by atoms with Crippen LogP contribution in [0, 0.1) is 20.8 Å². The maximum Gasteiger partial charge on any atom is 0.343 e. The Morgan fingerprint density at radius 2 is 1.56 bits per heavy atom. The van der Waals surface area contributed by atoms with Gasteiger partial charge in [-0.05, 0) is 86.0 Å². The van der Waals surface area contributed by atoms with Crippen molar-refractivity contribution in [3.8, 4) is 5.75 Å². The quantitative estimate of drug-likeness (QED) is 0.270. The van der Waals surface area contributed by atoms with E-state index < -0.39 is 17.8 Å². The Balaban J connectivity index is 1.50. The van der Waals surface area contributed by atoms with E-state index in [1.54, 1.807) is 55.5 Å². The first-order valence-corrected chi connectivity index (χ1v) is 11.1. The van der Waals surface area contributed by atoms with Gasteiger partial charge in [-0.15, -0.1) is 0 Å². The third-order valence-corrected chi connectivity index (χ3v) is 5.95. The van der Waals surface area contributed by atoms with E-state index in [2.05, 4.69) is 5.32 Å². The van der Waals surface area contributed by atoms with Gasteiger partial charge in [0.05, 0.1) is 11.3 Å². The summed E-state index contributed by atoms with van der Waals surface area (Å²) in [6.07, 6.45) is 0. The van der Waals surface area contributed by atoms with Gasteiger partial charge >= 0.3 is 5.97 Å². The van der Waals surface area contributed by atoms with Gasteiger partial charge in [-0.2, -0.15) is 0 Å². The molecule has 1 heterocycles. The molecule has 0 spiro atoms. The molecule has 0 aromatic heterocycles. The standard InChI is InChI=1S/C26H20Cl2N2O4/c1-14-4-5-15(2)21(12-14)34-26(33)17-6-9-19(10-7-17)29-23-22(28)24(31)30(25(23)32)20-11-8-18(27)13-16(20)3/h4-13,29H,1-3H3. The summed E-state index contributed by atoms with van der Waals surface area (Å²) in [7, 11) is 0. The normalized spacial score (nSPS) is 13.5. The molecule has 2 amide bonds. The summed E-state index contributed by atoms with van der Waals surface area (Å²) in [6, 6.07) is 16.8. The van der Waals surface area contributed by atoms with E-state index in [-0.39, 0.29) is 10.7 Å². The lowest BCUT2D eigenvalue weighted by Gasteiger charge is -2.17. The molecule has 3 aromatic rings. The second kappa shape index (κ2) is 9.33. The molecule has 3 aromatic carbocycles. The number of esters is 1. The van der Waals surface area contributed by atoms with Crippen LogP contribution in [-0.4, -0.2) is 17.8 Å². The van der Waals surface area contributed by atoms with E-state index in [1.165, 1.54) is 0 Å². The van der Waals surface area contributed by atoms with Crippen LogP contribution in [-0.2, 0) is 9.59 Å². The predicted molar refractivity (Wildman–Crippen MR) is 133 cm³/mol. The number of halogens is 2. The van der Waals surface area contributed by atoms with Crippen molar-refractivity contribution in [1.29, 1.82) is 0 Å². The summed E-state index contributed by atoms with van der Waals surface area (Å²) < 4.78 is 5.51. The summed E-state index contributed by atoms with van der Waals surface area (Å²) in [5.74, 6) is -1.22. The van der Waals surface area contributed by atoms with Gasteiger partial charge in [-0.1, -0.05) is 35.3 Å². The second-order valence-electron chi connectivity index (χ2n) is 7.93. The van der Waals surface area contributed by atoms with Crippen LogP contribution in [0.3, 0.4) is 0 Å². The third kappa shape index (κ3) is 4.55. The molecule has 4 rings (SSSR count). The topological polar surface area (TPSA) is 75.7 Å². The molecular formula is C26H20Cl2N2O4. The van der Waals surface area contributed by atoms with E-state index >= 15 is 0 Å². The van der Waals surface area contributed by atoms with E-state index in [1.807, 2.05) is 26.0 Å². The van der Waals surface area contributed by atoms with Crippen LogP contribution in [0.25, 0.3) is 0 Å². The average Bonchev–Trinajstić information content (AvgIpc) is 3.00. The predicted octanol–water partition coefficient (Wildman–Crippen LogP) is 5.92. The van der Waals surface area contributed by atoms with Crippen molar-refractivity contribution in [1.82, 2.24) is 0 Å². The summed E-state index contributed by atoms with van der Waals surface area (Å²) in [6.45, 7) is 5.53. The van der Waals surface area contributed by atoms with Crippen molar-refractivity contribution >= 4 is 52.4 Å². The van der Waals surface area contributed by atoms with Crippen molar-refractivity contribution < 1.29 is 19.1 Å². The fraction of sp³-hybridized carbons (Fsp3) is 0.115. The minimum atomic E-state index is -0.631. The average molecular weight is 495 g/mol. The number of carbonyl (C=O) groups excluding carboxylic acids is 3. The van der Waals surface area contributed by atoms with Gasteiger partial charge < -0.3 is 10.1 Å². The molecule has 0 radical (unpaired) electrons. The van der Waals surface area contributed by atoms with Crippen LogP contribution in [0.1, 0.15) is 27.0 Å². The minimum Gasteiger partial charge on any atom is -0.423 e. The largest absolute Gasteiger partial charge is 0.423 e. The number of carbonyl (C=O) groups is 3. The van der Waals surface area contributed by atoms with Crippen molar-refractivity contribution in [3.63, 3.8) is 0 Å². The number of hydrogen-bond acceptors (Lipinski definition) is 5. The molecule has 0 bridgehead atoms. The highest BCUT2D eigenvalue weighted by Crippen LogP contribution is 2.33. The molecule has 6 nitrogen and oxygen atoms in total. The zero-order valence-electron chi connectivity index (χ0n) is 18.6. The van der Waals surface area contributed by atoms with E-state index in [0.717, 1.165) is 16.0 Å². The highest BCUT2D eigenvalue weighted by molar-refractivity contribution is 6.53. The van der Waals surface area contributed by atoms with Crippen LogP contribution in [0.15, 0.2) is 71.4 Å². The smallest absolute Gasteiger partial charge is 0.343 e. The fourth-order valence-corrected chi connectivity index (χ4v) is 3.95. The number of rotatable bonds is 5. The summed E-state index contributed by atoms with van der Waals surface area (Å²) in [5, 5.41) is 3.16. The Labute approximate surface area is 206 Å². The Bertz CT molecular complexity index is 1360. The Morgan fingerprint density at radius 1 is 0.853 bits per heavy atom. The number of nitrogens with zero attached hydrogens (tertiary/aromatic N) is 1. The summed E-state index contributed by atoms with van der Waals surface area (Å²) >= 11 is 12.2. The lowest BCUT2D eigenvalue weighted by molar-refractivity contribution is -0.120. The maximum atomic E-state index is 13.0. The van der Waals surface area contributed by atoms with Gasteiger partial charge in [0.15, 0.2) is 0 Å². The summed E-state index contributed by atoms with van der Waals surface area (Å²) in [5.41, 5.74) is 3.66. The molecule has 1 aliphatic rings. The molecular weight excluding hydrogens is 475 g/mol. The first-order chi connectivity index (χ1) is 16.2. The summed E-state index contributed by atoms with van der Waals surface area (Å²) in [4.78, 5) is 39.3. The van der Waals surface area contributed by atoms with Gasteiger partial charge in [0.1, 0.15) is 16.5 Å². The fourth-order valence-electron chi connectivity index (χ4n) is 3.51. The number of aryl methyl sites for hydroxylation is 3. The SMILES string of the molecule is Cc1ccc(C)c(OC(=O)c2ccc(NC3=C(Cl)C(=O)N(c4ccc(Cl)cc4C)C3=O)cc2)c1. The number of benzene rings is 3. The van der Waals surface area contributed by atoms with E-state index in [0.29, 0.717) is 33.3 Å². The Morgan fingerprint density at radius 3 is 2.24 bits per heavy atom. The highest BCUT2D eigenvalue weighted by atomic mass is 35.5. The minimum absolute atomic E-state index is 0.0493. The van der Waals surface area contributed by atoms with Crippen molar-refractivity contribution in [3.05, 3.63) is 98.7 Å². The van der Waals surface area contributed by atoms with E-state index in [9.17, 15) is 14.4 Å². The monoisotopic (exact) mass is 494 g/mol. The number of nitrogens with one attached hydrogen (secondary N) is 1. The molecule has 0 unspecified atom stereocenters. The molecule has 0 atom stereocenters. The van der Waals surface area contributed by atoms with Gasteiger partial charge in [-0.3, -0.25) is 9.59 Å². The lowest BCUT2D eigenvalue weighted by atomic mass is 10.1. The van der Waals surface area contributed by atoms with Gasteiger partial charge in [0.25, 0.3) is 11.8 Å². The highest BCUT2D eigenvalue weighted by Gasteiger charge is 2.39. The molecule has 8 heteroatoms. The second-order valence-corrected chi connectivity index (χ2v) is 8.74. The molecule has 0 saturated heterocycles. The van der Waals surface area contributed by atoms with Crippen molar-refractivity contribution in [2.24, 2.45) is 0 Å². The van der Waals surface area contributed by atoms with Crippen LogP contribution in [0.2, 0.25) is 5.02 Å². The van der Waals surface area contributed by atoms with Crippen LogP contribution in [0.5, 0.6) is 5.75 Å². The van der Waals surface area contributed by atoms with E-state index in [4.69, 9.17) is 27.9 Å². The van der Waals surface area contributed by atoms with Crippen molar-refractivity contribution in [2.75, 3.05) is 10.2 Å². The van der Waals surface area contributed by atoms with Gasteiger partial charge in [0.2, 0.25) is 0 Å². The van der Waals surface area contributed by atoms with Crippen LogP contribution >= 0.6 is 23.2 Å².